The molecular weight excluding hydrogens is 136 g/mol. The van der Waals surface area contributed by atoms with E-state index in [2.05, 4.69) is 13.8 Å². The van der Waals surface area contributed by atoms with Gasteiger partial charge in [-0.05, 0) is 18.8 Å². The summed E-state index contributed by atoms with van der Waals surface area (Å²) in [6.45, 7) is 6.25. The summed E-state index contributed by atoms with van der Waals surface area (Å²) in [7, 11) is 0. The average molecular weight is 157 g/mol. The van der Waals surface area contributed by atoms with Crippen LogP contribution >= 0.6 is 0 Å². The van der Waals surface area contributed by atoms with Crippen LogP contribution in [0.2, 0.25) is 0 Å². The van der Waals surface area contributed by atoms with Crippen LogP contribution in [0.4, 0.5) is 0 Å². The van der Waals surface area contributed by atoms with Crippen LogP contribution in [0.15, 0.2) is 0 Å². The first-order valence-corrected chi connectivity index (χ1v) is 4.88. The van der Waals surface area contributed by atoms with Crippen LogP contribution in [-0.2, 0) is 5.11 Å². The van der Waals surface area contributed by atoms with Crippen molar-refractivity contribution < 1.29 is 5.11 Å². The van der Waals surface area contributed by atoms with Crippen molar-refractivity contribution in [1.82, 2.24) is 0 Å². The Balaban J connectivity index is 3.28. The van der Waals surface area contributed by atoms with Gasteiger partial charge in [-0.15, -0.1) is 0 Å². The summed E-state index contributed by atoms with van der Waals surface area (Å²) in [6, 6.07) is 0. The number of hydrogen-bond donors (Lipinski definition) is 0. The van der Waals surface area contributed by atoms with Gasteiger partial charge in [0.1, 0.15) is 0 Å². The molecule has 0 aliphatic rings. The first-order valence-electron chi connectivity index (χ1n) is 4.88. The first kappa shape index (κ1) is 11.0. The van der Waals surface area contributed by atoms with E-state index in [0.29, 0.717) is 5.92 Å². The van der Waals surface area contributed by atoms with E-state index in [9.17, 15) is 5.11 Å². The molecule has 1 radical (unpaired) electrons. The van der Waals surface area contributed by atoms with Crippen molar-refractivity contribution >= 4 is 0 Å². The molecular formula is C10H21O. The molecule has 0 bridgehead atoms. The van der Waals surface area contributed by atoms with Gasteiger partial charge in [-0.25, -0.2) is 5.11 Å². The molecule has 0 fully saturated rings. The lowest BCUT2D eigenvalue weighted by Crippen LogP contribution is -2.14. The molecule has 0 aromatic rings. The van der Waals surface area contributed by atoms with Gasteiger partial charge in [-0.1, -0.05) is 40.0 Å². The van der Waals surface area contributed by atoms with Gasteiger partial charge < -0.3 is 0 Å². The van der Waals surface area contributed by atoms with Crippen LogP contribution in [0.25, 0.3) is 0 Å². The Labute approximate surface area is 70.8 Å². The molecule has 0 heterocycles. The maximum absolute atomic E-state index is 11.2. The lowest BCUT2D eigenvalue weighted by molar-refractivity contribution is 0.0361. The predicted molar refractivity (Wildman–Crippen MR) is 48.1 cm³/mol. The molecule has 1 nitrogen and oxygen atoms in total. The van der Waals surface area contributed by atoms with Crippen LogP contribution in [0.5, 0.6) is 0 Å². The van der Waals surface area contributed by atoms with Gasteiger partial charge in [0.15, 0.2) is 0 Å². The van der Waals surface area contributed by atoms with Gasteiger partial charge in [-0.3, -0.25) is 0 Å². The zero-order valence-electron chi connectivity index (χ0n) is 8.10. The van der Waals surface area contributed by atoms with Gasteiger partial charge in [0, 0.05) is 0 Å². The van der Waals surface area contributed by atoms with Crippen molar-refractivity contribution in [2.24, 2.45) is 5.92 Å². The van der Waals surface area contributed by atoms with E-state index in [1.807, 2.05) is 6.92 Å². The van der Waals surface area contributed by atoms with Crippen LogP contribution in [0.1, 0.15) is 52.9 Å². The summed E-state index contributed by atoms with van der Waals surface area (Å²) in [6.07, 6.45) is 5.34. The molecule has 67 valence electrons. The Hall–Kier alpha value is -0.0400. The molecule has 0 rings (SSSR count). The second kappa shape index (κ2) is 6.66. The summed E-state index contributed by atoms with van der Waals surface area (Å²) >= 11 is 0. The van der Waals surface area contributed by atoms with Crippen LogP contribution in [-0.4, -0.2) is 6.10 Å². The minimum Gasteiger partial charge on any atom is -0.233 e. The fraction of sp³-hybridized carbons (Fsp3) is 1.00. The maximum Gasteiger partial charge on any atom is 0.0952 e. The molecule has 0 saturated heterocycles. The third-order valence-corrected chi connectivity index (χ3v) is 2.30. The minimum absolute atomic E-state index is 0.327. The summed E-state index contributed by atoms with van der Waals surface area (Å²) < 4.78 is 0. The van der Waals surface area contributed by atoms with Crippen LogP contribution < -0.4 is 0 Å². The second-order valence-corrected chi connectivity index (χ2v) is 3.42. The lowest BCUT2D eigenvalue weighted by atomic mass is 9.96. The number of unbranched alkanes of at least 4 members (excludes halogenated alkanes) is 2. The van der Waals surface area contributed by atoms with Gasteiger partial charge >= 0.3 is 0 Å². The molecule has 1 heteroatoms. The van der Waals surface area contributed by atoms with Gasteiger partial charge in [0.05, 0.1) is 6.10 Å². The van der Waals surface area contributed by atoms with Crippen molar-refractivity contribution in [3.05, 3.63) is 0 Å². The Morgan fingerprint density at radius 1 is 1.18 bits per heavy atom. The fourth-order valence-corrected chi connectivity index (χ4v) is 1.30. The molecule has 11 heavy (non-hydrogen) atoms. The smallest absolute Gasteiger partial charge is 0.0952 e. The molecule has 0 aliphatic heterocycles. The van der Waals surface area contributed by atoms with Crippen LogP contribution in [0, 0.1) is 5.92 Å². The van der Waals surface area contributed by atoms with Gasteiger partial charge in [0.2, 0.25) is 0 Å². The standard InChI is InChI=1S/C10H21O/c1-4-6-7-8-9(3)10(11)5-2/h9-10H,4-8H2,1-3H3. The van der Waals surface area contributed by atoms with Crippen molar-refractivity contribution in [3.8, 4) is 0 Å². The van der Waals surface area contributed by atoms with Crippen molar-refractivity contribution in [2.45, 2.75) is 59.0 Å². The Morgan fingerprint density at radius 3 is 2.27 bits per heavy atom. The van der Waals surface area contributed by atoms with E-state index >= 15 is 0 Å². The minimum atomic E-state index is -0.327. The molecule has 0 saturated carbocycles. The molecule has 0 aliphatic carbocycles. The Bertz CT molecular complexity index is 80.9. The van der Waals surface area contributed by atoms with Crippen molar-refractivity contribution in [2.75, 3.05) is 0 Å². The topological polar surface area (TPSA) is 19.9 Å². The molecule has 2 unspecified atom stereocenters. The Kier molecular flexibility index (Phi) is 6.63. The predicted octanol–water partition coefficient (Wildman–Crippen LogP) is 3.41. The van der Waals surface area contributed by atoms with E-state index in [1.54, 1.807) is 0 Å². The summed E-state index contributed by atoms with van der Waals surface area (Å²) in [5.41, 5.74) is 0. The molecule has 0 amide bonds. The zero-order valence-corrected chi connectivity index (χ0v) is 8.10. The van der Waals surface area contributed by atoms with Crippen molar-refractivity contribution in [1.29, 1.82) is 0 Å². The second-order valence-electron chi connectivity index (χ2n) is 3.42. The largest absolute Gasteiger partial charge is 0.233 e. The monoisotopic (exact) mass is 157 g/mol. The first-order chi connectivity index (χ1) is 5.22. The molecule has 0 spiro atoms. The van der Waals surface area contributed by atoms with Gasteiger partial charge in [0.25, 0.3) is 0 Å². The zero-order chi connectivity index (χ0) is 8.69. The summed E-state index contributed by atoms with van der Waals surface area (Å²) in [5, 5.41) is 11.2. The summed E-state index contributed by atoms with van der Waals surface area (Å²) in [4.78, 5) is 0. The summed E-state index contributed by atoms with van der Waals surface area (Å²) in [5.74, 6) is 0.381. The van der Waals surface area contributed by atoms with E-state index in [-0.39, 0.29) is 6.10 Å². The molecule has 0 N–H and O–H groups in total. The number of hydrogen-bond acceptors (Lipinski definition) is 0. The molecule has 2 atom stereocenters. The van der Waals surface area contributed by atoms with E-state index in [4.69, 9.17) is 0 Å². The van der Waals surface area contributed by atoms with E-state index < -0.39 is 0 Å². The third kappa shape index (κ3) is 5.25. The molecule has 0 aromatic carbocycles. The molecule has 0 aromatic heterocycles. The van der Waals surface area contributed by atoms with E-state index in [0.717, 1.165) is 12.8 Å². The highest BCUT2D eigenvalue weighted by molar-refractivity contribution is 4.61. The van der Waals surface area contributed by atoms with Crippen LogP contribution in [0.3, 0.4) is 0 Å². The highest BCUT2D eigenvalue weighted by Gasteiger charge is 2.12. The maximum atomic E-state index is 11.2. The highest BCUT2D eigenvalue weighted by Crippen LogP contribution is 2.15. The third-order valence-electron chi connectivity index (χ3n) is 2.30. The fourth-order valence-electron chi connectivity index (χ4n) is 1.30. The Morgan fingerprint density at radius 2 is 1.82 bits per heavy atom. The SMILES string of the molecule is CCCCCC(C)C([O])CC. The number of rotatable bonds is 6. The normalized spacial score (nSPS) is 16.4. The quantitative estimate of drug-likeness (QED) is 0.526. The highest BCUT2D eigenvalue weighted by atomic mass is 16.3. The van der Waals surface area contributed by atoms with E-state index in [1.165, 1.54) is 19.3 Å². The average Bonchev–Trinajstić information content (AvgIpc) is 2.03. The van der Waals surface area contributed by atoms with Crippen molar-refractivity contribution in [3.63, 3.8) is 0 Å². The lowest BCUT2D eigenvalue weighted by Gasteiger charge is -2.14. The van der Waals surface area contributed by atoms with Gasteiger partial charge in [-0.2, -0.15) is 0 Å².